The Morgan fingerprint density at radius 3 is 2.35 bits per heavy atom. The summed E-state index contributed by atoms with van der Waals surface area (Å²) in [5, 5.41) is -0.0562. The van der Waals surface area contributed by atoms with Crippen LogP contribution >= 0.6 is 23.4 Å². The van der Waals surface area contributed by atoms with Gasteiger partial charge < -0.3 is 0 Å². The maximum Gasteiger partial charge on any atom is 0.264 e. The van der Waals surface area contributed by atoms with Gasteiger partial charge in [0.25, 0.3) is 10.0 Å². The molecule has 0 fully saturated rings. The minimum atomic E-state index is -3.88. The maximum atomic E-state index is 12.1. The van der Waals surface area contributed by atoms with Gasteiger partial charge in [-0.1, -0.05) is 41.9 Å². The zero-order chi connectivity index (χ0) is 16.9. The first-order chi connectivity index (χ1) is 10.9. The average Bonchev–Trinajstić information content (AvgIpc) is 2.53. The van der Waals surface area contributed by atoms with E-state index in [-0.39, 0.29) is 4.90 Å². The number of hydrogen-bond donors (Lipinski definition) is 1. The smallest absolute Gasteiger partial charge is 0.264 e. The third-order valence-corrected chi connectivity index (χ3v) is 5.90. The van der Waals surface area contributed by atoms with E-state index in [1.165, 1.54) is 36.0 Å². The predicted molar refractivity (Wildman–Crippen MR) is 94.0 cm³/mol. The molecule has 1 amide bonds. The summed E-state index contributed by atoms with van der Waals surface area (Å²) in [5.74, 6) is 0.0945. The summed E-state index contributed by atoms with van der Waals surface area (Å²) >= 11 is 7.11. The lowest BCUT2D eigenvalue weighted by atomic mass is 10.2. The number of thioether (sulfide) groups is 1. The number of carbonyl (C=O) groups is 1. The number of benzene rings is 2. The van der Waals surface area contributed by atoms with Crippen molar-refractivity contribution in [3.05, 3.63) is 65.2 Å². The Kier molecular flexibility index (Phi) is 6.10. The van der Waals surface area contributed by atoms with Crippen molar-refractivity contribution in [3.63, 3.8) is 0 Å². The Bertz CT molecular complexity index is 762. The van der Waals surface area contributed by atoms with Crippen LogP contribution in [0.4, 0.5) is 0 Å². The summed E-state index contributed by atoms with van der Waals surface area (Å²) in [6.45, 7) is 1.68. The van der Waals surface area contributed by atoms with E-state index in [2.05, 4.69) is 4.72 Å². The van der Waals surface area contributed by atoms with Gasteiger partial charge in [-0.25, -0.2) is 13.1 Å². The number of rotatable bonds is 6. The molecule has 0 spiro atoms. The van der Waals surface area contributed by atoms with Crippen LogP contribution in [0.5, 0.6) is 0 Å². The second kappa shape index (κ2) is 7.86. The van der Waals surface area contributed by atoms with Gasteiger partial charge in [0.1, 0.15) is 0 Å². The van der Waals surface area contributed by atoms with E-state index >= 15 is 0 Å². The molecule has 1 atom stereocenters. The highest BCUT2D eigenvalue weighted by Gasteiger charge is 2.21. The molecule has 2 aromatic rings. The summed E-state index contributed by atoms with van der Waals surface area (Å²) in [6.07, 6.45) is 0. The molecular weight excluding hydrogens is 354 g/mol. The van der Waals surface area contributed by atoms with Gasteiger partial charge in [-0.2, -0.15) is 0 Å². The molecule has 0 aliphatic carbocycles. The lowest BCUT2D eigenvalue weighted by Crippen LogP contribution is -2.36. The topological polar surface area (TPSA) is 63.2 Å². The molecule has 0 aromatic heterocycles. The van der Waals surface area contributed by atoms with Crippen LogP contribution in [-0.4, -0.2) is 19.6 Å². The van der Waals surface area contributed by atoms with Crippen LogP contribution in [-0.2, 0) is 20.6 Å². The number of nitrogens with one attached hydrogen (secondary N) is 1. The van der Waals surface area contributed by atoms with Gasteiger partial charge >= 0.3 is 0 Å². The van der Waals surface area contributed by atoms with Crippen molar-refractivity contribution >= 4 is 39.3 Å². The van der Waals surface area contributed by atoms with E-state index in [4.69, 9.17) is 11.6 Å². The minimum Gasteiger partial charge on any atom is -0.273 e. The molecule has 1 unspecified atom stereocenters. The molecule has 7 heteroatoms. The Balaban J connectivity index is 1.96. The fraction of sp³-hybridized carbons (Fsp3) is 0.188. The molecular formula is C16H16ClNO3S2. The van der Waals surface area contributed by atoms with Crippen molar-refractivity contribution in [3.8, 4) is 0 Å². The van der Waals surface area contributed by atoms with Crippen LogP contribution in [0.2, 0.25) is 5.02 Å². The number of halogens is 1. The van der Waals surface area contributed by atoms with Crippen LogP contribution in [0.15, 0.2) is 59.5 Å². The van der Waals surface area contributed by atoms with E-state index in [1.54, 1.807) is 6.92 Å². The van der Waals surface area contributed by atoms with Crippen LogP contribution in [0, 0.1) is 0 Å². The van der Waals surface area contributed by atoms with Gasteiger partial charge in [0.15, 0.2) is 0 Å². The number of amides is 1. The number of carbonyl (C=O) groups excluding carboxylic acids is 1. The lowest BCUT2D eigenvalue weighted by Gasteiger charge is -2.12. The molecule has 122 valence electrons. The summed E-state index contributed by atoms with van der Waals surface area (Å²) in [6, 6.07) is 15.3. The number of sulfonamides is 1. The number of hydrogen-bond acceptors (Lipinski definition) is 4. The van der Waals surface area contributed by atoms with Crippen LogP contribution in [0.25, 0.3) is 0 Å². The van der Waals surface area contributed by atoms with Gasteiger partial charge in [0, 0.05) is 10.8 Å². The van der Waals surface area contributed by atoms with Crippen molar-refractivity contribution in [1.82, 2.24) is 4.72 Å². The van der Waals surface area contributed by atoms with Gasteiger partial charge in [-0.15, -0.1) is 11.8 Å². The first-order valence-electron chi connectivity index (χ1n) is 6.86. The fourth-order valence-corrected chi connectivity index (χ4v) is 3.86. The second-order valence-electron chi connectivity index (χ2n) is 4.86. The summed E-state index contributed by atoms with van der Waals surface area (Å²) in [5.41, 5.74) is 1.08. The van der Waals surface area contributed by atoms with Gasteiger partial charge in [0.2, 0.25) is 5.91 Å². The van der Waals surface area contributed by atoms with Gasteiger partial charge in [-0.05, 0) is 36.8 Å². The molecule has 0 bridgehead atoms. The molecule has 0 aliphatic heterocycles. The van der Waals surface area contributed by atoms with E-state index < -0.39 is 21.2 Å². The molecule has 0 saturated carbocycles. The maximum absolute atomic E-state index is 12.1. The first kappa shape index (κ1) is 17.8. The molecule has 0 radical (unpaired) electrons. The second-order valence-corrected chi connectivity index (χ2v) is 8.31. The Labute approximate surface area is 145 Å². The van der Waals surface area contributed by atoms with E-state index in [0.717, 1.165) is 5.56 Å². The summed E-state index contributed by atoms with van der Waals surface area (Å²) < 4.78 is 26.4. The first-order valence-corrected chi connectivity index (χ1v) is 9.77. The zero-order valence-corrected chi connectivity index (χ0v) is 14.8. The monoisotopic (exact) mass is 369 g/mol. The molecule has 23 heavy (non-hydrogen) atoms. The normalized spacial score (nSPS) is 12.6. The van der Waals surface area contributed by atoms with E-state index in [1.807, 2.05) is 30.3 Å². The van der Waals surface area contributed by atoms with E-state index in [0.29, 0.717) is 10.8 Å². The molecule has 0 heterocycles. The standard InChI is InChI=1S/C16H16ClNO3S2/c1-12(22-11-13-5-3-2-4-6-13)16(19)18-23(20,21)15-9-7-14(17)8-10-15/h2-10,12H,11H2,1H3,(H,18,19). The highest BCUT2D eigenvalue weighted by molar-refractivity contribution is 8.00. The largest absolute Gasteiger partial charge is 0.273 e. The molecule has 0 saturated heterocycles. The third kappa shape index (κ3) is 5.27. The van der Waals surface area contributed by atoms with E-state index in [9.17, 15) is 13.2 Å². The van der Waals surface area contributed by atoms with Crippen molar-refractivity contribution < 1.29 is 13.2 Å². The molecule has 1 N–H and O–H groups in total. The summed E-state index contributed by atoms with van der Waals surface area (Å²) in [7, 11) is -3.88. The SMILES string of the molecule is CC(SCc1ccccc1)C(=O)NS(=O)(=O)c1ccc(Cl)cc1. The van der Waals surface area contributed by atoms with Gasteiger partial charge in [0.05, 0.1) is 10.1 Å². The molecule has 0 aliphatic rings. The summed E-state index contributed by atoms with van der Waals surface area (Å²) in [4.78, 5) is 12.1. The van der Waals surface area contributed by atoms with Crippen LogP contribution < -0.4 is 4.72 Å². The van der Waals surface area contributed by atoms with Gasteiger partial charge in [-0.3, -0.25) is 4.79 Å². The predicted octanol–water partition coefficient (Wildman–Crippen LogP) is 3.47. The Morgan fingerprint density at radius 1 is 1.13 bits per heavy atom. The molecule has 2 aromatic carbocycles. The van der Waals surface area contributed by atoms with Crippen LogP contribution in [0.3, 0.4) is 0 Å². The highest BCUT2D eigenvalue weighted by Crippen LogP contribution is 2.19. The van der Waals surface area contributed by atoms with Crippen molar-refractivity contribution in [2.75, 3.05) is 0 Å². The Hall–Kier alpha value is -1.50. The van der Waals surface area contributed by atoms with Crippen molar-refractivity contribution in [2.45, 2.75) is 22.8 Å². The molecule has 2 rings (SSSR count). The van der Waals surface area contributed by atoms with Crippen molar-refractivity contribution in [1.29, 1.82) is 0 Å². The van der Waals surface area contributed by atoms with Crippen LogP contribution in [0.1, 0.15) is 12.5 Å². The highest BCUT2D eigenvalue weighted by atomic mass is 35.5. The van der Waals surface area contributed by atoms with Crippen molar-refractivity contribution in [2.24, 2.45) is 0 Å². The zero-order valence-electron chi connectivity index (χ0n) is 12.4. The Morgan fingerprint density at radius 2 is 1.74 bits per heavy atom. The fourth-order valence-electron chi connectivity index (χ4n) is 1.76. The molecule has 4 nitrogen and oxygen atoms in total. The quantitative estimate of drug-likeness (QED) is 0.846. The lowest BCUT2D eigenvalue weighted by molar-refractivity contribution is -0.118. The minimum absolute atomic E-state index is 0.00973. The third-order valence-electron chi connectivity index (χ3n) is 3.07. The average molecular weight is 370 g/mol.